The SMILES string of the molecule is O=C(c1ccc(Br)o1)N(CCS(=O)(=O)N1CCOCC1)Cc1ccccn1. The van der Waals surface area contributed by atoms with Crippen molar-refractivity contribution in [2.24, 2.45) is 0 Å². The van der Waals surface area contributed by atoms with E-state index >= 15 is 0 Å². The minimum Gasteiger partial charge on any atom is -0.444 e. The van der Waals surface area contributed by atoms with Crippen LogP contribution in [-0.4, -0.2) is 67.1 Å². The van der Waals surface area contributed by atoms with E-state index < -0.39 is 10.0 Å². The molecular formula is C17H20BrN3O5S. The van der Waals surface area contributed by atoms with E-state index in [1.54, 1.807) is 30.5 Å². The summed E-state index contributed by atoms with van der Waals surface area (Å²) in [7, 11) is -3.48. The molecular weight excluding hydrogens is 438 g/mol. The van der Waals surface area contributed by atoms with Crippen molar-refractivity contribution in [1.29, 1.82) is 0 Å². The minimum atomic E-state index is -3.48. The average molecular weight is 458 g/mol. The molecule has 1 aliphatic rings. The second kappa shape index (κ2) is 8.96. The Morgan fingerprint density at radius 2 is 2.00 bits per heavy atom. The van der Waals surface area contributed by atoms with E-state index in [0.717, 1.165) is 0 Å². The van der Waals surface area contributed by atoms with E-state index in [2.05, 4.69) is 20.9 Å². The second-order valence-corrected chi connectivity index (χ2v) is 8.85. The smallest absolute Gasteiger partial charge is 0.289 e. The molecule has 0 bridgehead atoms. The summed E-state index contributed by atoms with van der Waals surface area (Å²) in [5, 5.41) is 0. The van der Waals surface area contributed by atoms with Gasteiger partial charge in [-0.05, 0) is 40.2 Å². The van der Waals surface area contributed by atoms with E-state index in [1.165, 1.54) is 9.21 Å². The van der Waals surface area contributed by atoms with Crippen molar-refractivity contribution in [2.75, 3.05) is 38.6 Å². The lowest BCUT2D eigenvalue weighted by Gasteiger charge is -2.28. The highest BCUT2D eigenvalue weighted by molar-refractivity contribution is 9.10. The number of nitrogens with zero attached hydrogens (tertiary/aromatic N) is 3. The van der Waals surface area contributed by atoms with Crippen LogP contribution in [0.15, 0.2) is 45.6 Å². The van der Waals surface area contributed by atoms with Crippen LogP contribution in [0.1, 0.15) is 16.2 Å². The van der Waals surface area contributed by atoms with Crippen LogP contribution in [0, 0.1) is 0 Å². The van der Waals surface area contributed by atoms with Crippen LogP contribution in [0.5, 0.6) is 0 Å². The fourth-order valence-corrected chi connectivity index (χ4v) is 4.43. The van der Waals surface area contributed by atoms with Crippen molar-refractivity contribution in [3.05, 3.63) is 52.7 Å². The predicted molar refractivity (Wildman–Crippen MR) is 102 cm³/mol. The Morgan fingerprint density at radius 1 is 1.22 bits per heavy atom. The fraction of sp³-hybridized carbons (Fsp3) is 0.412. The Hall–Kier alpha value is -1.75. The molecule has 27 heavy (non-hydrogen) atoms. The molecule has 0 spiro atoms. The van der Waals surface area contributed by atoms with E-state index in [0.29, 0.717) is 36.7 Å². The molecule has 0 radical (unpaired) electrons. The monoisotopic (exact) mass is 457 g/mol. The highest BCUT2D eigenvalue weighted by atomic mass is 79.9. The molecule has 2 aromatic rings. The van der Waals surface area contributed by atoms with E-state index in [9.17, 15) is 13.2 Å². The largest absolute Gasteiger partial charge is 0.444 e. The summed E-state index contributed by atoms with van der Waals surface area (Å²) >= 11 is 3.18. The zero-order chi connectivity index (χ0) is 19.3. The van der Waals surface area contributed by atoms with E-state index in [1.807, 2.05) is 6.07 Å². The van der Waals surface area contributed by atoms with Crippen molar-refractivity contribution in [3.63, 3.8) is 0 Å². The molecule has 3 heterocycles. The molecule has 0 saturated carbocycles. The first-order valence-electron chi connectivity index (χ1n) is 8.46. The number of amides is 1. The standard InChI is InChI=1S/C17H20BrN3O5S/c18-16-5-4-15(26-16)17(22)20(13-14-3-1-2-6-19-14)9-12-27(23,24)21-7-10-25-11-8-21/h1-6H,7-13H2. The first-order chi connectivity index (χ1) is 13.0. The van der Waals surface area contributed by atoms with Gasteiger partial charge in [-0.3, -0.25) is 9.78 Å². The van der Waals surface area contributed by atoms with E-state index in [-0.39, 0.29) is 30.5 Å². The molecule has 1 saturated heterocycles. The second-order valence-electron chi connectivity index (χ2n) is 5.98. The number of rotatable bonds is 7. The van der Waals surface area contributed by atoms with Gasteiger partial charge in [0.05, 0.1) is 31.2 Å². The minimum absolute atomic E-state index is 0.0351. The van der Waals surface area contributed by atoms with Crippen LogP contribution < -0.4 is 0 Å². The van der Waals surface area contributed by atoms with Gasteiger partial charge in [0.2, 0.25) is 10.0 Å². The van der Waals surface area contributed by atoms with Gasteiger partial charge < -0.3 is 14.1 Å². The molecule has 1 fully saturated rings. The number of halogens is 1. The summed E-state index contributed by atoms with van der Waals surface area (Å²) in [4.78, 5) is 18.5. The molecule has 3 rings (SSSR count). The molecule has 0 aliphatic carbocycles. The summed E-state index contributed by atoms with van der Waals surface area (Å²) in [5.41, 5.74) is 0.667. The Morgan fingerprint density at radius 3 is 2.63 bits per heavy atom. The van der Waals surface area contributed by atoms with Crippen LogP contribution in [0.25, 0.3) is 0 Å². The third-order valence-corrected chi connectivity index (χ3v) is 6.41. The van der Waals surface area contributed by atoms with Crippen LogP contribution in [0.4, 0.5) is 0 Å². The first-order valence-corrected chi connectivity index (χ1v) is 10.9. The highest BCUT2D eigenvalue weighted by Gasteiger charge is 2.27. The van der Waals surface area contributed by atoms with Gasteiger partial charge in [-0.15, -0.1) is 0 Å². The Balaban J connectivity index is 1.73. The summed E-state index contributed by atoms with van der Waals surface area (Å²) in [6.45, 7) is 1.67. The molecule has 0 N–H and O–H groups in total. The molecule has 8 nitrogen and oxygen atoms in total. The molecule has 1 amide bonds. The van der Waals surface area contributed by atoms with Gasteiger partial charge >= 0.3 is 0 Å². The maximum atomic E-state index is 12.8. The van der Waals surface area contributed by atoms with Gasteiger partial charge in [0.15, 0.2) is 10.4 Å². The van der Waals surface area contributed by atoms with Gasteiger partial charge in [-0.2, -0.15) is 4.31 Å². The Labute approximate surface area is 166 Å². The predicted octanol–water partition coefficient (Wildman–Crippen LogP) is 1.74. The molecule has 0 unspecified atom stereocenters. The van der Waals surface area contributed by atoms with E-state index in [4.69, 9.17) is 9.15 Å². The van der Waals surface area contributed by atoms with Gasteiger partial charge in [-0.1, -0.05) is 6.07 Å². The number of hydrogen-bond donors (Lipinski definition) is 0. The quantitative estimate of drug-likeness (QED) is 0.628. The van der Waals surface area contributed by atoms with Gasteiger partial charge in [0, 0.05) is 25.8 Å². The van der Waals surface area contributed by atoms with Crippen LogP contribution in [-0.2, 0) is 21.3 Å². The zero-order valence-corrected chi connectivity index (χ0v) is 17.0. The molecule has 2 aromatic heterocycles. The number of aromatic nitrogens is 1. The van der Waals surface area contributed by atoms with Crippen molar-refractivity contribution >= 4 is 31.9 Å². The van der Waals surface area contributed by atoms with Crippen molar-refractivity contribution in [2.45, 2.75) is 6.54 Å². The average Bonchev–Trinajstić information content (AvgIpc) is 3.12. The Bertz CT molecular complexity index is 866. The topological polar surface area (TPSA) is 93.0 Å². The normalized spacial score (nSPS) is 15.6. The first kappa shape index (κ1) is 20.0. The summed E-state index contributed by atoms with van der Waals surface area (Å²) in [5.74, 6) is -0.418. The van der Waals surface area contributed by atoms with Crippen LogP contribution in [0.3, 0.4) is 0 Å². The van der Waals surface area contributed by atoms with Gasteiger partial charge in [0.1, 0.15) is 0 Å². The van der Waals surface area contributed by atoms with Gasteiger partial charge in [0.25, 0.3) is 5.91 Å². The summed E-state index contributed by atoms with van der Waals surface area (Å²) in [6, 6.07) is 8.56. The molecule has 10 heteroatoms. The van der Waals surface area contributed by atoms with Crippen LogP contribution >= 0.6 is 15.9 Å². The lowest BCUT2D eigenvalue weighted by Crippen LogP contribution is -2.44. The van der Waals surface area contributed by atoms with Crippen molar-refractivity contribution in [1.82, 2.24) is 14.2 Å². The number of pyridine rings is 1. The lowest BCUT2D eigenvalue weighted by molar-refractivity contribution is 0.0700. The van der Waals surface area contributed by atoms with Crippen molar-refractivity contribution in [3.8, 4) is 0 Å². The number of sulfonamides is 1. The molecule has 146 valence electrons. The maximum Gasteiger partial charge on any atom is 0.289 e. The third-order valence-electron chi connectivity index (χ3n) is 4.13. The van der Waals surface area contributed by atoms with Crippen LogP contribution in [0.2, 0.25) is 0 Å². The number of carbonyl (C=O) groups is 1. The fourth-order valence-electron chi connectivity index (χ4n) is 2.70. The molecule has 1 aliphatic heterocycles. The summed E-state index contributed by atoms with van der Waals surface area (Å²) in [6.07, 6.45) is 1.63. The Kier molecular flexibility index (Phi) is 6.64. The number of hydrogen-bond acceptors (Lipinski definition) is 6. The zero-order valence-electron chi connectivity index (χ0n) is 14.6. The maximum absolute atomic E-state index is 12.8. The highest BCUT2D eigenvalue weighted by Crippen LogP contribution is 2.17. The number of furan rings is 1. The third kappa shape index (κ3) is 5.38. The number of ether oxygens (including phenoxy) is 1. The summed E-state index contributed by atoms with van der Waals surface area (Å²) < 4.78 is 37.6. The molecule has 0 atom stereocenters. The van der Waals surface area contributed by atoms with Crippen molar-refractivity contribution < 1.29 is 22.4 Å². The van der Waals surface area contributed by atoms with Gasteiger partial charge in [-0.25, -0.2) is 8.42 Å². The molecule has 0 aromatic carbocycles. The lowest BCUT2D eigenvalue weighted by atomic mass is 10.3. The number of morpholine rings is 1. The number of carbonyl (C=O) groups excluding carboxylic acids is 1.